The normalized spacial score (nSPS) is 13.1. The van der Waals surface area contributed by atoms with Crippen LogP contribution in [0.3, 0.4) is 0 Å². The molecule has 0 saturated carbocycles. The molecule has 0 bridgehead atoms. The molecule has 0 aromatic carbocycles. The summed E-state index contributed by atoms with van der Waals surface area (Å²) in [4.78, 5) is 0. The molecule has 0 aliphatic carbocycles. The van der Waals surface area contributed by atoms with Gasteiger partial charge >= 0.3 is 0 Å². The molecule has 0 aliphatic heterocycles. The third-order valence-electron chi connectivity index (χ3n) is 0.868. The van der Waals surface area contributed by atoms with Crippen molar-refractivity contribution >= 4 is 0 Å². The molecule has 0 radical (unpaired) electrons. The molecule has 0 saturated heterocycles. The van der Waals surface area contributed by atoms with Crippen molar-refractivity contribution in [3.8, 4) is 0 Å². The van der Waals surface area contributed by atoms with Crippen LogP contribution in [0.2, 0.25) is 0 Å². The highest BCUT2D eigenvalue weighted by Gasteiger charge is 1.82. The van der Waals surface area contributed by atoms with E-state index in [1.807, 2.05) is 0 Å². The number of nitrogens with two attached hydrogens (primary N) is 2. The first kappa shape index (κ1) is 8.62. The van der Waals surface area contributed by atoms with Gasteiger partial charge in [0.05, 0.1) is 7.11 Å². The van der Waals surface area contributed by atoms with Gasteiger partial charge in [-0.05, 0) is 30.6 Å². The van der Waals surface area contributed by atoms with E-state index in [1.54, 1.807) is 25.3 Å². The molecule has 10 heavy (non-hydrogen) atoms. The Balaban J connectivity index is 4.04. The molecular formula is C7H12N2O. The van der Waals surface area contributed by atoms with Gasteiger partial charge in [-0.1, -0.05) is 0 Å². The molecule has 0 rings (SSSR count). The number of methoxy groups -OCH3 is 1. The van der Waals surface area contributed by atoms with Gasteiger partial charge in [-0.15, -0.1) is 0 Å². The lowest BCUT2D eigenvalue weighted by Gasteiger charge is -1.95. The summed E-state index contributed by atoms with van der Waals surface area (Å²) in [7, 11) is 1.57. The molecule has 4 N–H and O–H groups in total. The number of ether oxygens (including phenoxy) is 1. The highest BCUT2D eigenvalue weighted by Crippen LogP contribution is 1.95. The van der Waals surface area contributed by atoms with Gasteiger partial charge in [-0.2, -0.15) is 0 Å². The maximum atomic E-state index is 5.12. The van der Waals surface area contributed by atoms with Gasteiger partial charge in [-0.25, -0.2) is 0 Å². The summed E-state index contributed by atoms with van der Waals surface area (Å²) in [6.45, 7) is 0. The fourth-order valence-corrected chi connectivity index (χ4v) is 0.437. The highest BCUT2D eigenvalue weighted by molar-refractivity contribution is 5.16. The Bertz CT molecular complexity index is 159. The second kappa shape index (κ2) is 5.75. The minimum atomic E-state index is 0.671. The molecule has 0 fully saturated rings. The zero-order valence-electron chi connectivity index (χ0n) is 5.95. The van der Waals surface area contributed by atoms with E-state index in [2.05, 4.69) is 0 Å². The Morgan fingerprint density at radius 1 is 1.30 bits per heavy atom. The van der Waals surface area contributed by atoms with Crippen molar-refractivity contribution < 1.29 is 4.74 Å². The quantitative estimate of drug-likeness (QED) is 0.442. The van der Waals surface area contributed by atoms with E-state index in [-0.39, 0.29) is 0 Å². The minimum Gasteiger partial charge on any atom is -0.497 e. The van der Waals surface area contributed by atoms with Crippen LogP contribution in [0.4, 0.5) is 0 Å². The largest absolute Gasteiger partial charge is 0.497 e. The second-order valence-corrected chi connectivity index (χ2v) is 1.52. The van der Waals surface area contributed by atoms with Gasteiger partial charge in [0.2, 0.25) is 0 Å². The lowest BCUT2D eigenvalue weighted by Crippen LogP contribution is -1.84. The van der Waals surface area contributed by atoms with Crippen LogP contribution < -0.4 is 11.5 Å². The number of hydrogen-bond donors (Lipinski definition) is 2. The van der Waals surface area contributed by atoms with E-state index in [0.29, 0.717) is 5.76 Å². The van der Waals surface area contributed by atoms with Crippen LogP contribution in [0.1, 0.15) is 0 Å². The van der Waals surface area contributed by atoms with Crippen LogP contribution >= 0.6 is 0 Å². The number of rotatable bonds is 3. The molecule has 56 valence electrons. The van der Waals surface area contributed by atoms with Gasteiger partial charge in [0.15, 0.2) is 0 Å². The van der Waals surface area contributed by atoms with E-state index in [9.17, 15) is 0 Å². The molecule has 0 spiro atoms. The van der Waals surface area contributed by atoms with E-state index >= 15 is 0 Å². The summed E-state index contributed by atoms with van der Waals surface area (Å²) in [5.74, 6) is 0.671. The predicted octanol–water partition coefficient (Wildman–Crippen LogP) is 0.462. The first-order chi connectivity index (χ1) is 4.85. The predicted molar refractivity (Wildman–Crippen MR) is 41.7 cm³/mol. The smallest absolute Gasteiger partial charge is 0.120 e. The van der Waals surface area contributed by atoms with Crippen LogP contribution in [-0.4, -0.2) is 7.11 Å². The lowest BCUT2D eigenvalue weighted by molar-refractivity contribution is 0.307. The van der Waals surface area contributed by atoms with Crippen molar-refractivity contribution in [1.82, 2.24) is 0 Å². The zero-order chi connectivity index (χ0) is 7.82. The second-order valence-electron chi connectivity index (χ2n) is 1.52. The molecule has 0 heterocycles. The summed E-state index contributed by atoms with van der Waals surface area (Å²) < 4.78 is 4.88. The Morgan fingerprint density at radius 3 is 2.40 bits per heavy atom. The molecule has 0 unspecified atom stereocenters. The molecule has 0 aromatic rings. The van der Waals surface area contributed by atoms with Crippen molar-refractivity contribution in [3.05, 3.63) is 36.4 Å². The maximum Gasteiger partial charge on any atom is 0.120 e. The van der Waals surface area contributed by atoms with Crippen molar-refractivity contribution in [2.24, 2.45) is 11.5 Å². The van der Waals surface area contributed by atoms with Crippen LogP contribution in [0.25, 0.3) is 0 Å². The molecular weight excluding hydrogens is 128 g/mol. The van der Waals surface area contributed by atoms with Crippen molar-refractivity contribution in [2.75, 3.05) is 7.11 Å². The van der Waals surface area contributed by atoms with E-state index in [4.69, 9.17) is 16.2 Å². The first-order valence-electron chi connectivity index (χ1n) is 2.86. The maximum absolute atomic E-state index is 5.12. The molecule has 0 atom stereocenters. The lowest BCUT2D eigenvalue weighted by atomic mass is 10.4. The summed E-state index contributed by atoms with van der Waals surface area (Å²) in [6.07, 6.45) is 7.84. The summed E-state index contributed by atoms with van der Waals surface area (Å²) in [5.41, 5.74) is 10.2. The van der Waals surface area contributed by atoms with Crippen LogP contribution in [0.5, 0.6) is 0 Å². The molecule has 0 aliphatic rings. The highest BCUT2D eigenvalue weighted by atomic mass is 16.5. The summed E-state index contributed by atoms with van der Waals surface area (Å²) in [5, 5.41) is 0. The molecule has 0 amide bonds. The SMILES string of the molecule is COC(/C=C/N)=C/C=C/N. The van der Waals surface area contributed by atoms with Crippen molar-refractivity contribution in [2.45, 2.75) is 0 Å². The number of allylic oxidation sites excluding steroid dienone is 3. The van der Waals surface area contributed by atoms with E-state index in [1.165, 1.54) is 12.4 Å². The standard InChI is InChI=1S/C7H12N2O/c1-10-7(4-6-9)3-2-5-8/h2-6H,8-9H2,1H3/b5-2+,6-4+,7-3+. The Hall–Kier alpha value is -1.38. The average Bonchev–Trinajstić information content (AvgIpc) is 1.98. The van der Waals surface area contributed by atoms with E-state index in [0.717, 1.165) is 0 Å². The minimum absolute atomic E-state index is 0.671. The summed E-state index contributed by atoms with van der Waals surface area (Å²) >= 11 is 0. The molecule has 3 heteroatoms. The van der Waals surface area contributed by atoms with Gasteiger partial charge in [0.1, 0.15) is 5.76 Å². The van der Waals surface area contributed by atoms with Gasteiger partial charge < -0.3 is 16.2 Å². The summed E-state index contributed by atoms with van der Waals surface area (Å²) in [6, 6.07) is 0. The number of hydrogen-bond acceptors (Lipinski definition) is 3. The molecule has 0 aromatic heterocycles. The third-order valence-corrected chi connectivity index (χ3v) is 0.868. The zero-order valence-corrected chi connectivity index (χ0v) is 5.95. The van der Waals surface area contributed by atoms with Crippen LogP contribution in [0.15, 0.2) is 36.4 Å². The van der Waals surface area contributed by atoms with Crippen molar-refractivity contribution in [1.29, 1.82) is 0 Å². The van der Waals surface area contributed by atoms with Gasteiger partial charge in [-0.3, -0.25) is 0 Å². The first-order valence-corrected chi connectivity index (χ1v) is 2.86. The van der Waals surface area contributed by atoms with Crippen LogP contribution in [-0.2, 0) is 4.74 Å². The fourth-order valence-electron chi connectivity index (χ4n) is 0.437. The Kier molecular flexibility index (Phi) is 4.96. The van der Waals surface area contributed by atoms with Gasteiger partial charge in [0.25, 0.3) is 0 Å². The van der Waals surface area contributed by atoms with E-state index < -0.39 is 0 Å². The van der Waals surface area contributed by atoms with Gasteiger partial charge in [0, 0.05) is 0 Å². The Labute approximate surface area is 60.7 Å². The van der Waals surface area contributed by atoms with Crippen molar-refractivity contribution in [3.63, 3.8) is 0 Å². The molecule has 3 nitrogen and oxygen atoms in total. The monoisotopic (exact) mass is 140 g/mol. The average molecular weight is 140 g/mol. The fraction of sp³-hybridized carbons (Fsp3) is 0.143. The van der Waals surface area contributed by atoms with Crippen LogP contribution in [0, 0.1) is 0 Å². The third kappa shape index (κ3) is 3.60. The topological polar surface area (TPSA) is 61.3 Å². The Morgan fingerprint density at radius 2 is 2.00 bits per heavy atom.